The van der Waals surface area contributed by atoms with Crippen LogP contribution in [0.15, 0.2) is 41.6 Å². The second-order valence-electron chi connectivity index (χ2n) is 2.97. The highest BCUT2D eigenvalue weighted by Crippen LogP contribution is 1.98. The maximum Gasteiger partial charge on any atom is 0.288 e. The maximum absolute atomic E-state index is 11.5. The molecule has 2 heterocycles. The summed E-state index contributed by atoms with van der Waals surface area (Å²) in [6.45, 7) is 0.405. The summed E-state index contributed by atoms with van der Waals surface area (Å²) in [6, 6.07) is 5.54. The molecular formula is C10H8ClN3O. The van der Waals surface area contributed by atoms with E-state index in [1.165, 1.54) is 10.8 Å². The third kappa shape index (κ3) is 2.22. The van der Waals surface area contributed by atoms with Gasteiger partial charge in [0, 0.05) is 18.6 Å². The van der Waals surface area contributed by atoms with Crippen molar-refractivity contribution in [1.29, 1.82) is 0 Å². The summed E-state index contributed by atoms with van der Waals surface area (Å²) in [6.07, 6.45) is 4.76. The van der Waals surface area contributed by atoms with Crippen LogP contribution in [-0.2, 0) is 6.54 Å². The van der Waals surface area contributed by atoms with Gasteiger partial charge in [-0.05, 0) is 12.1 Å². The Morgan fingerprint density at radius 3 is 2.87 bits per heavy atom. The van der Waals surface area contributed by atoms with Crippen molar-refractivity contribution in [2.75, 3.05) is 0 Å². The van der Waals surface area contributed by atoms with E-state index in [2.05, 4.69) is 9.97 Å². The number of hydrogen-bond donors (Lipinski definition) is 0. The van der Waals surface area contributed by atoms with Gasteiger partial charge >= 0.3 is 0 Å². The van der Waals surface area contributed by atoms with Crippen molar-refractivity contribution in [2.45, 2.75) is 6.54 Å². The predicted octanol–water partition coefficient (Wildman–Crippen LogP) is 1.34. The van der Waals surface area contributed by atoms with E-state index in [0.717, 1.165) is 5.69 Å². The largest absolute Gasteiger partial charge is 0.305 e. The first-order valence-electron chi connectivity index (χ1n) is 4.38. The summed E-state index contributed by atoms with van der Waals surface area (Å²) in [5.74, 6) is 0. The van der Waals surface area contributed by atoms with Crippen LogP contribution in [0.25, 0.3) is 0 Å². The Bertz CT molecular complexity index is 510. The summed E-state index contributed by atoms with van der Waals surface area (Å²) in [5, 5.41) is -0.0200. The first-order valence-corrected chi connectivity index (χ1v) is 4.76. The van der Waals surface area contributed by atoms with Crippen LogP contribution in [0.2, 0.25) is 5.15 Å². The Balaban J connectivity index is 2.33. The average Bonchev–Trinajstić information content (AvgIpc) is 2.26. The molecule has 0 aromatic carbocycles. The van der Waals surface area contributed by atoms with Gasteiger partial charge in [0.2, 0.25) is 0 Å². The van der Waals surface area contributed by atoms with E-state index in [9.17, 15) is 4.79 Å². The fourth-order valence-corrected chi connectivity index (χ4v) is 1.38. The highest BCUT2D eigenvalue weighted by molar-refractivity contribution is 6.29. The Kier molecular flexibility index (Phi) is 2.78. The van der Waals surface area contributed by atoms with E-state index in [4.69, 9.17) is 11.6 Å². The van der Waals surface area contributed by atoms with Gasteiger partial charge in [-0.2, -0.15) is 0 Å². The molecule has 4 nitrogen and oxygen atoms in total. The van der Waals surface area contributed by atoms with Crippen LogP contribution in [0.3, 0.4) is 0 Å². The Morgan fingerprint density at radius 2 is 2.13 bits per heavy atom. The first kappa shape index (κ1) is 9.86. The topological polar surface area (TPSA) is 47.8 Å². The Labute approximate surface area is 91.2 Å². The van der Waals surface area contributed by atoms with Gasteiger partial charge in [-0.1, -0.05) is 17.7 Å². The molecule has 0 saturated heterocycles. The second-order valence-corrected chi connectivity index (χ2v) is 3.33. The van der Waals surface area contributed by atoms with Crippen molar-refractivity contribution in [2.24, 2.45) is 0 Å². The fourth-order valence-electron chi connectivity index (χ4n) is 1.21. The van der Waals surface area contributed by atoms with Gasteiger partial charge in [-0.3, -0.25) is 9.78 Å². The van der Waals surface area contributed by atoms with Crippen molar-refractivity contribution in [3.05, 3.63) is 58.0 Å². The zero-order valence-corrected chi connectivity index (χ0v) is 8.55. The third-order valence-electron chi connectivity index (χ3n) is 1.93. The number of pyridine rings is 1. The maximum atomic E-state index is 11.5. The minimum absolute atomic E-state index is 0.0200. The molecule has 15 heavy (non-hydrogen) atoms. The predicted molar refractivity (Wildman–Crippen MR) is 56.8 cm³/mol. The summed E-state index contributed by atoms with van der Waals surface area (Å²) in [5.41, 5.74) is 0.506. The van der Waals surface area contributed by atoms with Crippen LogP contribution in [0, 0.1) is 0 Å². The van der Waals surface area contributed by atoms with Crippen LogP contribution in [0.1, 0.15) is 5.69 Å². The second kappa shape index (κ2) is 4.23. The van der Waals surface area contributed by atoms with E-state index in [-0.39, 0.29) is 10.7 Å². The SMILES string of the molecule is O=c1c(Cl)nccn1Cc1ccccn1. The zero-order valence-electron chi connectivity index (χ0n) is 7.80. The number of rotatable bonds is 2. The van der Waals surface area contributed by atoms with Gasteiger partial charge in [-0.25, -0.2) is 4.98 Å². The van der Waals surface area contributed by atoms with Gasteiger partial charge in [0.25, 0.3) is 5.56 Å². The van der Waals surface area contributed by atoms with Gasteiger partial charge < -0.3 is 4.57 Å². The van der Waals surface area contributed by atoms with E-state index in [1.54, 1.807) is 12.4 Å². The minimum Gasteiger partial charge on any atom is -0.305 e. The first-order chi connectivity index (χ1) is 7.27. The molecule has 2 aromatic rings. The normalized spacial score (nSPS) is 10.2. The van der Waals surface area contributed by atoms with Crippen LogP contribution >= 0.6 is 11.6 Å². The lowest BCUT2D eigenvalue weighted by atomic mass is 10.3. The summed E-state index contributed by atoms with van der Waals surface area (Å²) < 4.78 is 1.47. The average molecular weight is 222 g/mol. The van der Waals surface area contributed by atoms with E-state index in [0.29, 0.717) is 6.54 Å². The molecule has 0 spiro atoms. The lowest BCUT2D eigenvalue weighted by Crippen LogP contribution is -2.21. The van der Waals surface area contributed by atoms with Gasteiger partial charge in [0.1, 0.15) is 0 Å². The highest BCUT2D eigenvalue weighted by atomic mass is 35.5. The lowest BCUT2D eigenvalue weighted by Gasteiger charge is -2.03. The Morgan fingerprint density at radius 1 is 1.27 bits per heavy atom. The summed E-state index contributed by atoms with van der Waals surface area (Å²) in [7, 11) is 0. The molecule has 0 bridgehead atoms. The molecule has 0 aliphatic heterocycles. The fraction of sp³-hybridized carbons (Fsp3) is 0.100. The van der Waals surface area contributed by atoms with E-state index >= 15 is 0 Å². The molecule has 0 fully saturated rings. The molecule has 0 atom stereocenters. The summed E-state index contributed by atoms with van der Waals surface area (Å²) >= 11 is 5.62. The summed E-state index contributed by atoms with van der Waals surface area (Å²) in [4.78, 5) is 19.3. The molecule has 0 aliphatic carbocycles. The van der Waals surface area contributed by atoms with Crippen molar-refractivity contribution >= 4 is 11.6 Å². The smallest absolute Gasteiger partial charge is 0.288 e. The molecular weight excluding hydrogens is 214 g/mol. The zero-order chi connectivity index (χ0) is 10.7. The molecule has 2 aromatic heterocycles. The Hall–Kier alpha value is -1.68. The molecule has 0 saturated carbocycles. The molecule has 0 radical (unpaired) electrons. The van der Waals surface area contributed by atoms with Crippen LogP contribution < -0.4 is 5.56 Å². The van der Waals surface area contributed by atoms with Crippen molar-refractivity contribution in [3.63, 3.8) is 0 Å². The quantitative estimate of drug-likeness (QED) is 0.769. The standard InChI is InChI=1S/C10H8ClN3O/c11-9-10(15)14(6-5-13-9)7-8-3-1-2-4-12-8/h1-6H,7H2. The monoisotopic (exact) mass is 221 g/mol. The third-order valence-corrected chi connectivity index (χ3v) is 2.19. The van der Waals surface area contributed by atoms with Gasteiger partial charge in [0.05, 0.1) is 12.2 Å². The van der Waals surface area contributed by atoms with E-state index < -0.39 is 0 Å². The molecule has 0 aliphatic rings. The molecule has 0 unspecified atom stereocenters. The van der Waals surface area contributed by atoms with Crippen molar-refractivity contribution < 1.29 is 0 Å². The number of halogens is 1. The van der Waals surface area contributed by atoms with Gasteiger partial charge in [0.15, 0.2) is 5.15 Å². The van der Waals surface area contributed by atoms with Crippen molar-refractivity contribution in [1.82, 2.24) is 14.5 Å². The molecule has 0 amide bonds. The molecule has 2 rings (SSSR count). The number of aromatic nitrogens is 3. The van der Waals surface area contributed by atoms with Crippen LogP contribution in [-0.4, -0.2) is 14.5 Å². The minimum atomic E-state index is -0.301. The molecule has 0 N–H and O–H groups in total. The van der Waals surface area contributed by atoms with Gasteiger partial charge in [-0.15, -0.1) is 0 Å². The van der Waals surface area contributed by atoms with Crippen molar-refractivity contribution in [3.8, 4) is 0 Å². The van der Waals surface area contributed by atoms with Crippen LogP contribution in [0.5, 0.6) is 0 Å². The lowest BCUT2D eigenvalue weighted by molar-refractivity contribution is 0.730. The molecule has 5 heteroatoms. The van der Waals surface area contributed by atoms with E-state index in [1.807, 2.05) is 18.2 Å². The van der Waals surface area contributed by atoms with Crippen LogP contribution in [0.4, 0.5) is 0 Å². The molecule has 76 valence electrons. The number of nitrogens with zero attached hydrogens (tertiary/aromatic N) is 3. The number of hydrogen-bond acceptors (Lipinski definition) is 3. The highest BCUT2D eigenvalue weighted by Gasteiger charge is 2.02.